The summed E-state index contributed by atoms with van der Waals surface area (Å²) >= 11 is 5.72. The van der Waals surface area contributed by atoms with Gasteiger partial charge < -0.3 is 5.11 Å². The first kappa shape index (κ1) is 9.46. The van der Waals surface area contributed by atoms with E-state index in [9.17, 15) is 9.18 Å². The van der Waals surface area contributed by atoms with Crippen molar-refractivity contribution < 1.29 is 14.3 Å². The maximum absolute atomic E-state index is 13.1. The fourth-order valence-electron chi connectivity index (χ4n) is 1.60. The topological polar surface area (TPSA) is 37.3 Å². The van der Waals surface area contributed by atoms with Gasteiger partial charge in [0.25, 0.3) is 0 Å². The SMILES string of the molecule is O=C(O)C1(c2cccc(F)c2Cl)CC1. The van der Waals surface area contributed by atoms with E-state index in [-0.39, 0.29) is 5.02 Å². The second-order valence-electron chi connectivity index (χ2n) is 3.49. The zero-order valence-corrected chi connectivity index (χ0v) is 8.01. The minimum atomic E-state index is -0.931. The molecule has 2 nitrogen and oxygen atoms in total. The van der Waals surface area contributed by atoms with Crippen LogP contribution >= 0.6 is 11.6 Å². The molecule has 2 rings (SSSR count). The van der Waals surface area contributed by atoms with Crippen LogP contribution in [0.1, 0.15) is 18.4 Å². The molecule has 1 aliphatic carbocycles. The molecule has 1 aromatic carbocycles. The maximum atomic E-state index is 13.1. The molecule has 1 N–H and O–H groups in total. The fourth-order valence-corrected chi connectivity index (χ4v) is 1.90. The Bertz CT molecular complexity index is 399. The normalized spacial score (nSPS) is 17.9. The number of carboxylic acids is 1. The number of carbonyl (C=O) groups is 1. The molecule has 1 fully saturated rings. The van der Waals surface area contributed by atoms with Gasteiger partial charge in [0.15, 0.2) is 0 Å². The zero-order valence-electron chi connectivity index (χ0n) is 7.26. The molecular formula is C10H8ClFO2. The largest absolute Gasteiger partial charge is 0.481 e. The minimum absolute atomic E-state index is 0.0626. The van der Waals surface area contributed by atoms with Crippen molar-refractivity contribution in [3.05, 3.63) is 34.6 Å². The fraction of sp³-hybridized carbons (Fsp3) is 0.300. The first-order valence-corrected chi connectivity index (χ1v) is 4.63. The maximum Gasteiger partial charge on any atom is 0.314 e. The van der Waals surface area contributed by atoms with Gasteiger partial charge in [0.2, 0.25) is 0 Å². The summed E-state index contributed by atoms with van der Waals surface area (Å²) in [7, 11) is 0. The predicted molar refractivity (Wildman–Crippen MR) is 50.0 cm³/mol. The van der Waals surface area contributed by atoms with Gasteiger partial charge in [-0.25, -0.2) is 4.39 Å². The second kappa shape index (κ2) is 2.95. The van der Waals surface area contributed by atoms with E-state index in [1.807, 2.05) is 0 Å². The third kappa shape index (κ3) is 1.20. The Morgan fingerprint density at radius 3 is 2.64 bits per heavy atom. The Labute approximate surface area is 85.3 Å². The summed E-state index contributed by atoms with van der Waals surface area (Å²) in [5.41, 5.74) is -0.536. The van der Waals surface area contributed by atoms with E-state index in [4.69, 9.17) is 16.7 Å². The number of hydrogen-bond acceptors (Lipinski definition) is 1. The van der Waals surface area contributed by atoms with Crippen molar-refractivity contribution in [2.45, 2.75) is 18.3 Å². The van der Waals surface area contributed by atoms with Crippen molar-refractivity contribution in [3.8, 4) is 0 Å². The second-order valence-corrected chi connectivity index (χ2v) is 3.87. The van der Waals surface area contributed by atoms with Crippen molar-refractivity contribution in [2.75, 3.05) is 0 Å². The molecule has 0 bridgehead atoms. The number of hydrogen-bond donors (Lipinski definition) is 1. The monoisotopic (exact) mass is 214 g/mol. The molecule has 0 atom stereocenters. The van der Waals surface area contributed by atoms with E-state index in [2.05, 4.69) is 0 Å². The Kier molecular flexibility index (Phi) is 2.00. The molecule has 0 aliphatic heterocycles. The number of carboxylic acid groups (broad SMARTS) is 1. The highest BCUT2D eigenvalue weighted by Gasteiger charge is 2.53. The number of benzene rings is 1. The van der Waals surface area contributed by atoms with Crippen molar-refractivity contribution in [1.82, 2.24) is 0 Å². The van der Waals surface area contributed by atoms with Crippen LogP contribution in [0.2, 0.25) is 5.02 Å². The molecule has 0 heterocycles. The molecule has 0 spiro atoms. The van der Waals surface area contributed by atoms with Crippen molar-refractivity contribution in [3.63, 3.8) is 0 Å². The molecule has 4 heteroatoms. The molecule has 0 saturated heterocycles. The van der Waals surface area contributed by atoms with Crippen LogP contribution in [0.3, 0.4) is 0 Å². The molecule has 0 aromatic heterocycles. The van der Waals surface area contributed by atoms with Gasteiger partial charge in [0.05, 0.1) is 10.4 Å². The van der Waals surface area contributed by atoms with Crippen molar-refractivity contribution >= 4 is 17.6 Å². The highest BCUT2D eigenvalue weighted by Crippen LogP contribution is 2.50. The molecule has 1 aromatic rings. The highest BCUT2D eigenvalue weighted by atomic mass is 35.5. The lowest BCUT2D eigenvalue weighted by molar-refractivity contribution is -0.140. The molecular weight excluding hydrogens is 207 g/mol. The van der Waals surface area contributed by atoms with Crippen LogP contribution in [-0.4, -0.2) is 11.1 Å². The average molecular weight is 215 g/mol. The Morgan fingerprint density at radius 1 is 1.50 bits per heavy atom. The standard InChI is InChI=1S/C10H8ClFO2/c11-8-6(2-1-3-7(8)12)10(4-5-10)9(13)14/h1-3H,4-5H2,(H,13,14). The van der Waals surface area contributed by atoms with Crippen LogP contribution in [0.15, 0.2) is 18.2 Å². The number of aliphatic carboxylic acids is 1. The van der Waals surface area contributed by atoms with Gasteiger partial charge in [-0.3, -0.25) is 4.79 Å². The van der Waals surface area contributed by atoms with E-state index in [0.717, 1.165) is 0 Å². The molecule has 14 heavy (non-hydrogen) atoms. The van der Waals surface area contributed by atoms with E-state index >= 15 is 0 Å². The molecule has 74 valence electrons. The lowest BCUT2D eigenvalue weighted by atomic mass is 9.96. The molecule has 0 amide bonds. The van der Waals surface area contributed by atoms with Gasteiger partial charge in [0, 0.05) is 0 Å². The third-order valence-corrected chi connectivity index (χ3v) is 3.01. The van der Waals surface area contributed by atoms with E-state index in [1.54, 1.807) is 6.07 Å². The Morgan fingerprint density at radius 2 is 2.14 bits per heavy atom. The van der Waals surface area contributed by atoms with Gasteiger partial charge >= 0.3 is 5.97 Å². The number of rotatable bonds is 2. The van der Waals surface area contributed by atoms with Gasteiger partial charge in [-0.2, -0.15) is 0 Å². The van der Waals surface area contributed by atoms with Gasteiger partial charge in [-0.15, -0.1) is 0 Å². The summed E-state index contributed by atoms with van der Waals surface area (Å²) in [6, 6.07) is 4.29. The van der Waals surface area contributed by atoms with Crippen molar-refractivity contribution in [1.29, 1.82) is 0 Å². The van der Waals surface area contributed by atoms with Crippen LogP contribution in [0.4, 0.5) is 4.39 Å². The van der Waals surface area contributed by atoms with E-state index < -0.39 is 17.2 Å². The van der Waals surface area contributed by atoms with Gasteiger partial charge in [-0.1, -0.05) is 23.7 Å². The van der Waals surface area contributed by atoms with Crippen LogP contribution in [0.5, 0.6) is 0 Å². The van der Waals surface area contributed by atoms with Crippen LogP contribution in [-0.2, 0) is 10.2 Å². The summed E-state index contributed by atoms with van der Waals surface area (Å²) in [6.07, 6.45) is 1.07. The van der Waals surface area contributed by atoms with Crippen LogP contribution in [0, 0.1) is 5.82 Å². The lowest BCUT2D eigenvalue weighted by Gasteiger charge is -2.11. The first-order chi connectivity index (χ1) is 6.58. The van der Waals surface area contributed by atoms with Crippen LogP contribution in [0.25, 0.3) is 0 Å². The first-order valence-electron chi connectivity index (χ1n) is 4.26. The Balaban J connectivity index is 2.52. The summed E-state index contributed by atoms with van der Waals surface area (Å²) in [5.74, 6) is -1.48. The molecule has 1 aliphatic rings. The summed E-state index contributed by atoms with van der Waals surface area (Å²) in [4.78, 5) is 11.0. The Hall–Kier alpha value is -1.09. The molecule has 0 unspecified atom stereocenters. The smallest absolute Gasteiger partial charge is 0.314 e. The minimum Gasteiger partial charge on any atom is -0.481 e. The zero-order chi connectivity index (χ0) is 10.3. The highest BCUT2D eigenvalue weighted by molar-refractivity contribution is 6.32. The summed E-state index contributed by atoms with van der Waals surface area (Å²) in [5, 5.41) is 8.93. The van der Waals surface area contributed by atoms with Gasteiger partial charge in [-0.05, 0) is 24.5 Å². The van der Waals surface area contributed by atoms with E-state index in [0.29, 0.717) is 18.4 Å². The van der Waals surface area contributed by atoms with E-state index in [1.165, 1.54) is 12.1 Å². The lowest BCUT2D eigenvalue weighted by Crippen LogP contribution is -2.20. The molecule has 0 radical (unpaired) electrons. The van der Waals surface area contributed by atoms with Gasteiger partial charge in [0.1, 0.15) is 5.82 Å². The average Bonchev–Trinajstić information content (AvgIpc) is 2.90. The van der Waals surface area contributed by atoms with Crippen LogP contribution < -0.4 is 0 Å². The number of halogens is 2. The summed E-state index contributed by atoms with van der Waals surface area (Å²) in [6.45, 7) is 0. The molecule has 1 saturated carbocycles. The summed E-state index contributed by atoms with van der Waals surface area (Å²) < 4.78 is 13.1. The quantitative estimate of drug-likeness (QED) is 0.822. The van der Waals surface area contributed by atoms with Crippen molar-refractivity contribution in [2.24, 2.45) is 0 Å². The third-order valence-electron chi connectivity index (χ3n) is 2.63. The predicted octanol–water partition coefficient (Wildman–Crippen LogP) is 2.60.